The Morgan fingerprint density at radius 1 is 1.11 bits per heavy atom. The summed E-state index contributed by atoms with van der Waals surface area (Å²) in [6, 6.07) is 14.3. The van der Waals surface area contributed by atoms with Gasteiger partial charge in [0.25, 0.3) is 5.91 Å². The second kappa shape index (κ2) is 14.5. The molecular weight excluding hydrogens is 626 g/mol. The zero-order valence-corrected chi connectivity index (χ0v) is 26.7. The zero-order valence-electron chi connectivity index (χ0n) is 25.8. The monoisotopic (exact) mass is 662 g/mol. The molecule has 46 heavy (non-hydrogen) atoms. The van der Waals surface area contributed by atoms with E-state index in [0.717, 1.165) is 17.7 Å². The molecule has 1 aromatic heterocycles. The van der Waals surface area contributed by atoms with Crippen molar-refractivity contribution in [2.24, 2.45) is 0 Å². The van der Waals surface area contributed by atoms with Gasteiger partial charge in [-0.3, -0.25) is 18.7 Å². The Morgan fingerprint density at radius 3 is 2.39 bits per heavy atom. The number of hydrogen-bond acceptors (Lipinski definition) is 11. The number of amides is 1. The van der Waals surface area contributed by atoms with Gasteiger partial charge in [-0.2, -0.15) is 10.1 Å². The summed E-state index contributed by atoms with van der Waals surface area (Å²) in [6.07, 6.45) is -4.25. The van der Waals surface area contributed by atoms with Gasteiger partial charge in [0.1, 0.15) is 35.6 Å². The molecule has 0 unspecified atom stereocenters. The van der Waals surface area contributed by atoms with Crippen LogP contribution in [0.5, 0.6) is 11.5 Å². The number of benzene rings is 2. The molecule has 3 N–H and O–H groups in total. The number of aliphatic hydroxyl groups is 1. The SMILES string of the molecule is COc1ccc(C(=O)Nc2ccn([C@@H]3O[C@H](CO[P@@](=O)(N[C@@H](C)C(=O)OC(C)C)Oc4ccccc4)[C@@H](O)[C@@]3(C)F)c(=O)n2)cc1. The van der Waals surface area contributed by atoms with Crippen LogP contribution in [-0.2, 0) is 23.4 Å². The summed E-state index contributed by atoms with van der Waals surface area (Å²) >= 11 is 0. The highest BCUT2D eigenvalue weighted by atomic mass is 31.2. The van der Waals surface area contributed by atoms with Crippen molar-refractivity contribution in [2.45, 2.75) is 63.9 Å². The molecule has 2 heterocycles. The first kappa shape index (κ1) is 34.7. The Labute approximate surface area is 264 Å². The highest BCUT2D eigenvalue weighted by Gasteiger charge is 2.56. The number of hydrogen-bond donors (Lipinski definition) is 3. The van der Waals surface area contributed by atoms with Gasteiger partial charge >= 0.3 is 19.4 Å². The molecule has 1 aliphatic heterocycles. The lowest BCUT2D eigenvalue weighted by Gasteiger charge is -2.25. The minimum Gasteiger partial charge on any atom is -0.497 e. The average molecular weight is 663 g/mol. The molecule has 1 saturated heterocycles. The van der Waals surface area contributed by atoms with Crippen LogP contribution >= 0.6 is 7.75 Å². The molecule has 3 aromatic rings. The number of para-hydroxylation sites is 1. The van der Waals surface area contributed by atoms with E-state index in [2.05, 4.69) is 15.4 Å². The topological polar surface area (TPSA) is 177 Å². The lowest BCUT2D eigenvalue weighted by molar-refractivity contribution is -0.149. The van der Waals surface area contributed by atoms with Gasteiger partial charge in [-0.25, -0.2) is 13.8 Å². The van der Waals surface area contributed by atoms with Crippen molar-refractivity contribution in [3.63, 3.8) is 0 Å². The average Bonchev–Trinajstić information content (AvgIpc) is 3.23. The van der Waals surface area contributed by atoms with Crippen LogP contribution in [0.15, 0.2) is 71.7 Å². The van der Waals surface area contributed by atoms with Gasteiger partial charge in [-0.1, -0.05) is 18.2 Å². The number of nitrogens with one attached hydrogen (secondary N) is 2. The molecule has 1 amide bonds. The van der Waals surface area contributed by atoms with Crippen molar-refractivity contribution in [3.05, 3.63) is 82.9 Å². The fraction of sp³-hybridized carbons (Fsp3) is 0.400. The number of methoxy groups -OCH3 is 1. The normalized spacial score (nSPS) is 22.9. The van der Waals surface area contributed by atoms with Crippen LogP contribution in [0.3, 0.4) is 0 Å². The smallest absolute Gasteiger partial charge is 0.459 e. The molecule has 0 spiro atoms. The Balaban J connectivity index is 1.48. The van der Waals surface area contributed by atoms with Gasteiger partial charge in [0.15, 0.2) is 11.9 Å². The number of anilines is 1. The zero-order chi connectivity index (χ0) is 33.6. The molecule has 16 heteroatoms. The number of aromatic nitrogens is 2. The van der Waals surface area contributed by atoms with Gasteiger partial charge in [-0.05, 0) is 70.2 Å². The maximum absolute atomic E-state index is 15.9. The molecule has 0 aliphatic carbocycles. The van der Waals surface area contributed by atoms with Crippen LogP contribution in [-0.4, -0.2) is 70.3 Å². The number of esters is 1. The minimum atomic E-state index is -4.36. The number of aliphatic hydroxyl groups excluding tert-OH is 1. The number of ether oxygens (including phenoxy) is 3. The van der Waals surface area contributed by atoms with Gasteiger partial charge in [0.05, 0.1) is 19.8 Å². The van der Waals surface area contributed by atoms with Crippen LogP contribution in [0.4, 0.5) is 10.2 Å². The fourth-order valence-corrected chi connectivity index (χ4v) is 5.95. The number of carbonyl (C=O) groups is 2. The molecule has 14 nitrogen and oxygen atoms in total. The Hall–Kier alpha value is -4.14. The first-order valence-corrected chi connectivity index (χ1v) is 15.8. The quantitative estimate of drug-likeness (QED) is 0.179. The third-order valence-corrected chi connectivity index (χ3v) is 8.47. The van der Waals surface area contributed by atoms with E-state index in [-0.39, 0.29) is 17.1 Å². The summed E-state index contributed by atoms with van der Waals surface area (Å²) in [5, 5.41) is 15.8. The van der Waals surface area contributed by atoms with E-state index < -0.39 is 68.2 Å². The summed E-state index contributed by atoms with van der Waals surface area (Å²) in [6.45, 7) is 5.05. The highest BCUT2D eigenvalue weighted by Crippen LogP contribution is 2.47. The molecular formula is C30H36FN4O10P. The van der Waals surface area contributed by atoms with E-state index in [1.54, 1.807) is 44.2 Å². The van der Waals surface area contributed by atoms with E-state index >= 15 is 4.39 Å². The molecule has 0 saturated carbocycles. The second-order valence-electron chi connectivity index (χ2n) is 10.8. The largest absolute Gasteiger partial charge is 0.497 e. The second-order valence-corrected chi connectivity index (χ2v) is 12.5. The third kappa shape index (κ3) is 8.36. The van der Waals surface area contributed by atoms with Gasteiger partial charge in [0.2, 0.25) is 0 Å². The van der Waals surface area contributed by atoms with Crippen molar-refractivity contribution < 1.29 is 46.9 Å². The van der Waals surface area contributed by atoms with Gasteiger partial charge < -0.3 is 29.2 Å². The Kier molecular flexibility index (Phi) is 11.0. The first-order valence-electron chi connectivity index (χ1n) is 14.3. The van der Waals surface area contributed by atoms with Crippen LogP contribution in [0.2, 0.25) is 0 Å². The molecule has 6 atom stereocenters. The molecule has 0 radical (unpaired) electrons. The van der Waals surface area contributed by atoms with E-state index in [1.165, 1.54) is 44.4 Å². The van der Waals surface area contributed by atoms with E-state index in [0.29, 0.717) is 5.75 Å². The number of carbonyl (C=O) groups excluding carboxylic acids is 2. The molecule has 1 fully saturated rings. The standard InChI is InChI=1S/C30H36FN4O10P/c1-18(2)43-27(38)19(3)34-46(40,45-22-9-7-6-8-10-22)42-17-23-25(36)30(4,31)28(44-23)35-16-15-24(33-29(35)39)32-26(37)20-11-13-21(41-5)14-12-20/h6-16,18-19,23,25,28,36H,17H2,1-5H3,(H,34,40)(H,32,33,37,39)/t19-,23+,25+,28+,30+,46-/m0/s1. The van der Waals surface area contributed by atoms with Crippen molar-refractivity contribution in [1.29, 1.82) is 0 Å². The van der Waals surface area contributed by atoms with Crippen molar-refractivity contribution >= 4 is 25.4 Å². The summed E-state index contributed by atoms with van der Waals surface area (Å²) in [4.78, 5) is 41.7. The summed E-state index contributed by atoms with van der Waals surface area (Å²) in [5.74, 6) is -0.677. The predicted octanol–water partition coefficient (Wildman–Crippen LogP) is 3.62. The van der Waals surface area contributed by atoms with E-state index in [9.17, 15) is 24.1 Å². The van der Waals surface area contributed by atoms with E-state index in [1.807, 2.05) is 0 Å². The van der Waals surface area contributed by atoms with Gasteiger partial charge in [0, 0.05) is 11.8 Å². The minimum absolute atomic E-state index is 0.101. The molecule has 4 rings (SSSR count). The predicted molar refractivity (Wildman–Crippen MR) is 163 cm³/mol. The highest BCUT2D eigenvalue weighted by molar-refractivity contribution is 7.52. The molecule has 2 aromatic carbocycles. The van der Waals surface area contributed by atoms with Crippen molar-refractivity contribution in [1.82, 2.24) is 14.6 Å². The third-order valence-electron chi connectivity index (χ3n) is 6.83. The molecule has 1 aliphatic rings. The number of halogens is 1. The number of rotatable bonds is 13. The van der Waals surface area contributed by atoms with Crippen molar-refractivity contribution in [2.75, 3.05) is 19.0 Å². The lowest BCUT2D eigenvalue weighted by Crippen LogP contribution is -2.43. The summed E-state index contributed by atoms with van der Waals surface area (Å²) in [7, 11) is -2.87. The number of alkyl halides is 1. The maximum atomic E-state index is 15.9. The Bertz CT molecular complexity index is 1620. The number of nitrogens with zero attached hydrogens (tertiary/aromatic N) is 2. The fourth-order valence-electron chi connectivity index (χ4n) is 4.45. The van der Waals surface area contributed by atoms with Crippen LogP contribution in [0.1, 0.15) is 44.3 Å². The summed E-state index contributed by atoms with van der Waals surface area (Å²) < 4.78 is 57.5. The van der Waals surface area contributed by atoms with E-state index in [4.69, 9.17) is 23.3 Å². The first-order chi connectivity index (χ1) is 21.7. The maximum Gasteiger partial charge on any atom is 0.459 e. The Morgan fingerprint density at radius 2 is 1.78 bits per heavy atom. The van der Waals surface area contributed by atoms with Crippen LogP contribution < -0.4 is 25.4 Å². The molecule has 248 valence electrons. The molecule has 0 bridgehead atoms. The van der Waals surface area contributed by atoms with Gasteiger partial charge in [-0.15, -0.1) is 0 Å². The lowest BCUT2D eigenvalue weighted by atomic mass is 9.98. The van der Waals surface area contributed by atoms with Crippen molar-refractivity contribution in [3.8, 4) is 11.5 Å². The summed E-state index contributed by atoms with van der Waals surface area (Å²) in [5.41, 5.74) is -3.24. The van der Waals surface area contributed by atoms with Crippen LogP contribution in [0.25, 0.3) is 0 Å². The van der Waals surface area contributed by atoms with Crippen LogP contribution in [0, 0.1) is 0 Å².